The molecule has 14 N–H and O–H groups in total. The zero-order valence-corrected chi connectivity index (χ0v) is 25.0. The van der Waals surface area contributed by atoms with E-state index in [1.807, 2.05) is 24.3 Å². The molecule has 45 heavy (non-hydrogen) atoms. The molecular formula is C29H43N11O5. The molecule has 4 unspecified atom stereocenters. The topological polar surface area (TPSA) is 286 Å². The van der Waals surface area contributed by atoms with Crippen molar-refractivity contribution in [1.29, 1.82) is 0 Å². The van der Waals surface area contributed by atoms with E-state index in [4.69, 9.17) is 22.9 Å². The van der Waals surface area contributed by atoms with Gasteiger partial charge in [-0.05, 0) is 50.3 Å². The Balaban J connectivity index is 1.73. The minimum Gasteiger partial charge on any atom is -0.480 e. The second-order valence-corrected chi connectivity index (χ2v) is 10.7. The number of nitrogens with two attached hydrogens (primary N) is 4. The van der Waals surface area contributed by atoms with E-state index in [1.54, 1.807) is 6.20 Å². The number of para-hydroxylation sites is 1. The number of rotatable bonds is 19. The number of aliphatic carboxylic acids is 1. The normalized spacial score (nSPS) is 13.7. The van der Waals surface area contributed by atoms with E-state index in [0.717, 1.165) is 16.5 Å². The van der Waals surface area contributed by atoms with Crippen LogP contribution in [0.3, 0.4) is 0 Å². The van der Waals surface area contributed by atoms with Gasteiger partial charge in [-0.15, -0.1) is 0 Å². The minimum atomic E-state index is -1.26. The molecule has 0 aliphatic carbocycles. The first-order valence-corrected chi connectivity index (χ1v) is 14.8. The van der Waals surface area contributed by atoms with Crippen LogP contribution >= 0.6 is 0 Å². The predicted octanol–water partition coefficient (Wildman–Crippen LogP) is -1.27. The van der Waals surface area contributed by atoms with Crippen molar-refractivity contribution < 1.29 is 24.3 Å². The van der Waals surface area contributed by atoms with Gasteiger partial charge >= 0.3 is 5.97 Å². The Labute approximate surface area is 260 Å². The number of aliphatic imine (C=N–C) groups is 1. The van der Waals surface area contributed by atoms with E-state index in [2.05, 4.69) is 35.9 Å². The number of nitrogens with one attached hydrogen (secondary N) is 5. The highest BCUT2D eigenvalue weighted by Crippen LogP contribution is 2.19. The van der Waals surface area contributed by atoms with Crippen LogP contribution in [0, 0.1) is 0 Å². The van der Waals surface area contributed by atoms with Crippen molar-refractivity contribution >= 4 is 40.6 Å². The van der Waals surface area contributed by atoms with E-state index in [9.17, 15) is 24.3 Å². The summed E-state index contributed by atoms with van der Waals surface area (Å²) in [5, 5.41) is 18.7. The van der Waals surface area contributed by atoms with Crippen LogP contribution in [0.4, 0.5) is 0 Å². The molecule has 0 aliphatic heterocycles. The van der Waals surface area contributed by atoms with Crippen LogP contribution in [-0.4, -0.2) is 87.0 Å². The predicted molar refractivity (Wildman–Crippen MR) is 169 cm³/mol. The third kappa shape index (κ3) is 10.9. The standard InChI is InChI=1S/C29H43N11O5/c30-10-4-3-9-22(26(42)40-24(28(44)45)12-17-14-36-21-8-2-1-6-19(17)21)38-27(43)23(13-18-15-34-16-37-18)39-25(41)20(31)7-5-11-35-29(32)33/h1-2,6,8,14-16,20,22-24,36H,3-5,7,9-13,30-31H2,(H,34,37)(H,38,43)(H,39,41)(H,40,42)(H,44,45)(H4,32,33,35). The Hall–Kier alpha value is -4.96. The first-order chi connectivity index (χ1) is 21.6. The summed E-state index contributed by atoms with van der Waals surface area (Å²) in [6.07, 6.45) is 6.69. The summed E-state index contributed by atoms with van der Waals surface area (Å²) in [6.45, 7) is 0.665. The summed E-state index contributed by atoms with van der Waals surface area (Å²) in [4.78, 5) is 66.0. The van der Waals surface area contributed by atoms with E-state index in [1.165, 1.54) is 12.5 Å². The lowest BCUT2D eigenvalue weighted by Crippen LogP contribution is -2.57. The molecule has 3 aromatic rings. The van der Waals surface area contributed by atoms with E-state index < -0.39 is 47.9 Å². The molecule has 0 aliphatic rings. The van der Waals surface area contributed by atoms with E-state index in [-0.39, 0.29) is 31.6 Å². The van der Waals surface area contributed by atoms with Crippen LogP contribution in [0.5, 0.6) is 0 Å². The number of fused-ring (bicyclic) bond motifs is 1. The zero-order valence-electron chi connectivity index (χ0n) is 25.0. The van der Waals surface area contributed by atoms with Crippen LogP contribution in [0.2, 0.25) is 0 Å². The lowest BCUT2D eigenvalue weighted by molar-refractivity contribution is -0.142. The third-order valence-electron chi connectivity index (χ3n) is 7.21. The van der Waals surface area contributed by atoms with Crippen LogP contribution in [-0.2, 0) is 32.0 Å². The number of aromatic amines is 2. The number of unbranched alkanes of at least 4 members (excludes halogenated alkanes) is 1. The van der Waals surface area contributed by atoms with Gasteiger partial charge in [0.15, 0.2) is 5.96 Å². The number of nitrogens with zero attached hydrogens (tertiary/aromatic N) is 2. The third-order valence-corrected chi connectivity index (χ3v) is 7.21. The number of carbonyl (C=O) groups is 4. The summed E-state index contributed by atoms with van der Waals surface area (Å²) in [5.41, 5.74) is 24.5. The first-order valence-electron chi connectivity index (χ1n) is 14.8. The van der Waals surface area contributed by atoms with E-state index in [0.29, 0.717) is 38.0 Å². The fourth-order valence-electron chi connectivity index (χ4n) is 4.78. The molecule has 0 spiro atoms. The molecule has 16 nitrogen and oxygen atoms in total. The quantitative estimate of drug-likeness (QED) is 0.0428. The number of amides is 3. The smallest absolute Gasteiger partial charge is 0.326 e. The second-order valence-electron chi connectivity index (χ2n) is 10.7. The SMILES string of the molecule is NCCCCC(NC(=O)C(Cc1cnc[nH]1)NC(=O)C(N)CCCN=C(N)N)C(=O)NC(Cc1c[nH]c2ccccc12)C(=O)O. The molecule has 3 amide bonds. The van der Waals surface area contributed by atoms with Gasteiger partial charge in [0, 0.05) is 48.4 Å². The largest absolute Gasteiger partial charge is 0.480 e. The van der Waals surface area contributed by atoms with Gasteiger partial charge in [0.05, 0.1) is 12.4 Å². The fourth-order valence-corrected chi connectivity index (χ4v) is 4.78. The first kappa shape index (κ1) is 34.5. The van der Waals surface area contributed by atoms with Crippen molar-refractivity contribution in [3.63, 3.8) is 0 Å². The number of carboxylic acids is 1. The zero-order chi connectivity index (χ0) is 32.8. The number of imidazole rings is 1. The van der Waals surface area contributed by atoms with Crippen LogP contribution in [0.15, 0.2) is 48.0 Å². The monoisotopic (exact) mass is 625 g/mol. The molecule has 3 rings (SSSR count). The fraction of sp³-hybridized carbons (Fsp3) is 0.448. The van der Waals surface area contributed by atoms with Gasteiger partial charge in [-0.1, -0.05) is 18.2 Å². The van der Waals surface area contributed by atoms with Gasteiger partial charge in [0.1, 0.15) is 18.1 Å². The number of hydrogen-bond donors (Lipinski definition) is 10. The molecule has 0 saturated heterocycles. The highest BCUT2D eigenvalue weighted by molar-refractivity contribution is 5.94. The molecule has 0 bridgehead atoms. The molecule has 0 saturated carbocycles. The average molecular weight is 626 g/mol. The molecule has 2 heterocycles. The Morgan fingerprint density at radius 3 is 2.29 bits per heavy atom. The van der Waals surface area contributed by atoms with Crippen molar-refractivity contribution in [1.82, 2.24) is 30.9 Å². The Morgan fingerprint density at radius 1 is 0.889 bits per heavy atom. The summed E-state index contributed by atoms with van der Waals surface area (Å²) < 4.78 is 0. The number of H-pyrrole nitrogens is 2. The Morgan fingerprint density at radius 2 is 1.60 bits per heavy atom. The van der Waals surface area contributed by atoms with Gasteiger partial charge in [0.25, 0.3) is 0 Å². The molecule has 1 aromatic carbocycles. The number of benzene rings is 1. The lowest BCUT2D eigenvalue weighted by Gasteiger charge is -2.25. The molecule has 16 heteroatoms. The van der Waals surface area contributed by atoms with Crippen molar-refractivity contribution in [3.8, 4) is 0 Å². The second kappa shape index (κ2) is 17.4. The molecule has 244 valence electrons. The van der Waals surface area contributed by atoms with Gasteiger partial charge in [-0.3, -0.25) is 19.4 Å². The maximum Gasteiger partial charge on any atom is 0.326 e. The van der Waals surface area contributed by atoms with Gasteiger partial charge in [0.2, 0.25) is 17.7 Å². The highest BCUT2D eigenvalue weighted by atomic mass is 16.4. The number of carboxylic acid groups (broad SMARTS) is 1. The van der Waals surface area contributed by atoms with Gasteiger partial charge < -0.3 is 54.0 Å². The number of guanidine groups is 1. The number of aromatic nitrogens is 3. The molecule has 4 atom stereocenters. The Bertz CT molecular complexity index is 1440. The summed E-state index contributed by atoms with van der Waals surface area (Å²) in [5.74, 6) is -3.19. The van der Waals surface area contributed by atoms with Crippen LogP contribution < -0.4 is 38.9 Å². The number of hydrogen-bond acceptors (Lipinski definition) is 8. The lowest BCUT2D eigenvalue weighted by atomic mass is 10.0. The minimum absolute atomic E-state index is 0.0220. The van der Waals surface area contributed by atoms with Gasteiger partial charge in [-0.25, -0.2) is 9.78 Å². The highest BCUT2D eigenvalue weighted by Gasteiger charge is 2.31. The molecule has 2 aromatic heterocycles. The van der Waals surface area contributed by atoms with Crippen molar-refractivity contribution in [2.75, 3.05) is 13.1 Å². The summed E-state index contributed by atoms with van der Waals surface area (Å²) in [7, 11) is 0. The molecular weight excluding hydrogens is 582 g/mol. The van der Waals surface area contributed by atoms with Gasteiger partial charge in [-0.2, -0.15) is 0 Å². The van der Waals surface area contributed by atoms with E-state index >= 15 is 0 Å². The summed E-state index contributed by atoms with van der Waals surface area (Å²) >= 11 is 0. The molecule has 0 fully saturated rings. The summed E-state index contributed by atoms with van der Waals surface area (Å²) in [6, 6.07) is 3.02. The maximum atomic E-state index is 13.6. The van der Waals surface area contributed by atoms with Crippen LogP contribution in [0.25, 0.3) is 10.9 Å². The van der Waals surface area contributed by atoms with Crippen molar-refractivity contribution in [2.45, 2.75) is 69.1 Å². The van der Waals surface area contributed by atoms with Crippen LogP contribution in [0.1, 0.15) is 43.4 Å². The average Bonchev–Trinajstić information content (AvgIpc) is 3.68. The molecule has 0 radical (unpaired) electrons. The maximum absolute atomic E-state index is 13.6. The van der Waals surface area contributed by atoms with Crippen molar-refractivity contribution in [2.24, 2.45) is 27.9 Å². The van der Waals surface area contributed by atoms with Crippen molar-refractivity contribution in [3.05, 3.63) is 54.2 Å². The number of carbonyl (C=O) groups excluding carboxylic acids is 3. The Kier molecular flexibility index (Phi) is 13.3.